The molecule has 0 atom stereocenters. The molecular weight excluding hydrogens is 500 g/mol. The van der Waals surface area contributed by atoms with Gasteiger partial charge in [-0.15, -0.1) is 0 Å². The van der Waals surface area contributed by atoms with Gasteiger partial charge in [-0.1, -0.05) is 115 Å². The Bertz CT molecular complexity index is 2290. The highest BCUT2D eigenvalue weighted by atomic mass is 16.3. The molecule has 0 unspecified atom stereocenters. The van der Waals surface area contributed by atoms with Crippen molar-refractivity contribution in [3.8, 4) is 56.0 Å². The second-order valence-corrected chi connectivity index (χ2v) is 10.5. The SMILES string of the molecule is c1ccc(-c2ccc(-c3nc(-c4ccccc4)c4oc5ccccc5c4n3)c3c2-c2cccc4cccc-3c24)cc1. The van der Waals surface area contributed by atoms with E-state index in [1.54, 1.807) is 0 Å². The van der Waals surface area contributed by atoms with Crippen LogP contribution in [-0.2, 0) is 0 Å². The zero-order valence-electron chi connectivity index (χ0n) is 22.0. The Morgan fingerprint density at radius 3 is 1.85 bits per heavy atom. The van der Waals surface area contributed by atoms with Gasteiger partial charge in [0.15, 0.2) is 11.4 Å². The third kappa shape index (κ3) is 3.20. The predicted octanol–water partition coefficient (Wildman–Crippen LogP) is 10.2. The predicted molar refractivity (Wildman–Crippen MR) is 168 cm³/mol. The molecule has 1 aliphatic carbocycles. The molecule has 0 bridgehead atoms. The maximum Gasteiger partial charge on any atom is 0.180 e. The molecule has 0 fully saturated rings. The summed E-state index contributed by atoms with van der Waals surface area (Å²) in [6.07, 6.45) is 0. The van der Waals surface area contributed by atoms with Gasteiger partial charge in [-0.25, -0.2) is 9.97 Å². The maximum absolute atomic E-state index is 6.37. The quantitative estimate of drug-likeness (QED) is 0.232. The lowest BCUT2D eigenvalue weighted by atomic mass is 9.90. The van der Waals surface area contributed by atoms with Crippen molar-refractivity contribution >= 4 is 32.8 Å². The Kier molecular flexibility index (Phi) is 4.61. The van der Waals surface area contributed by atoms with Gasteiger partial charge in [0, 0.05) is 22.1 Å². The van der Waals surface area contributed by atoms with Crippen molar-refractivity contribution in [1.29, 1.82) is 0 Å². The van der Waals surface area contributed by atoms with Crippen molar-refractivity contribution < 1.29 is 4.42 Å². The minimum atomic E-state index is 0.698. The van der Waals surface area contributed by atoms with E-state index in [2.05, 4.69) is 97.1 Å². The number of hydrogen-bond acceptors (Lipinski definition) is 3. The molecule has 2 heterocycles. The van der Waals surface area contributed by atoms with E-state index >= 15 is 0 Å². The second-order valence-electron chi connectivity index (χ2n) is 10.5. The van der Waals surface area contributed by atoms with E-state index in [4.69, 9.17) is 14.4 Å². The first-order valence-electron chi connectivity index (χ1n) is 13.9. The second kappa shape index (κ2) is 8.48. The summed E-state index contributed by atoms with van der Waals surface area (Å²) in [7, 11) is 0. The number of furan rings is 1. The van der Waals surface area contributed by atoms with Crippen molar-refractivity contribution in [1.82, 2.24) is 9.97 Å². The summed E-state index contributed by atoms with van der Waals surface area (Å²) in [5.74, 6) is 0.698. The van der Waals surface area contributed by atoms with Crippen LogP contribution < -0.4 is 0 Å². The average Bonchev–Trinajstić information content (AvgIpc) is 3.59. The highest BCUT2D eigenvalue weighted by Gasteiger charge is 2.29. The molecule has 9 rings (SSSR count). The van der Waals surface area contributed by atoms with Gasteiger partial charge in [0.25, 0.3) is 0 Å². The topological polar surface area (TPSA) is 38.9 Å². The highest BCUT2D eigenvalue weighted by Crippen LogP contribution is 2.54. The molecule has 0 aliphatic heterocycles. The smallest absolute Gasteiger partial charge is 0.180 e. The van der Waals surface area contributed by atoms with Gasteiger partial charge in [-0.2, -0.15) is 0 Å². The van der Waals surface area contributed by atoms with Gasteiger partial charge in [0.2, 0.25) is 0 Å². The Morgan fingerprint density at radius 2 is 1.10 bits per heavy atom. The Morgan fingerprint density at radius 1 is 0.463 bits per heavy atom. The molecule has 0 N–H and O–H groups in total. The summed E-state index contributed by atoms with van der Waals surface area (Å²) in [6, 6.07) is 46.6. The minimum absolute atomic E-state index is 0.698. The monoisotopic (exact) mass is 522 g/mol. The molecule has 41 heavy (non-hydrogen) atoms. The zero-order chi connectivity index (χ0) is 26.9. The molecule has 6 aromatic carbocycles. The van der Waals surface area contributed by atoms with E-state index in [0.29, 0.717) is 11.4 Å². The molecule has 0 amide bonds. The van der Waals surface area contributed by atoms with Crippen LogP contribution in [0.3, 0.4) is 0 Å². The standard InChI is InChI=1S/C38H22N2O/c1-3-11-23(12-4-1)26-21-22-30(34-29-19-10-16-24-15-9-18-28(32(24)29)33(26)34)38-39-35(25-13-5-2-6-14-25)37-36(40-38)27-17-7-8-20-31(27)41-37/h1-22H. The van der Waals surface area contributed by atoms with Crippen LogP contribution in [-0.4, -0.2) is 9.97 Å². The number of rotatable bonds is 3. The first-order valence-corrected chi connectivity index (χ1v) is 13.9. The fraction of sp³-hybridized carbons (Fsp3) is 0. The molecule has 3 heteroatoms. The van der Waals surface area contributed by atoms with Gasteiger partial charge in [0.1, 0.15) is 16.8 Å². The number of hydrogen-bond donors (Lipinski definition) is 0. The van der Waals surface area contributed by atoms with E-state index in [1.165, 1.54) is 44.2 Å². The molecule has 2 aromatic heterocycles. The van der Waals surface area contributed by atoms with Crippen LogP contribution in [0.2, 0.25) is 0 Å². The van der Waals surface area contributed by atoms with Crippen LogP contribution in [0.5, 0.6) is 0 Å². The lowest BCUT2D eigenvalue weighted by Crippen LogP contribution is -1.96. The normalized spacial score (nSPS) is 11.9. The lowest BCUT2D eigenvalue weighted by Gasteiger charge is -2.15. The number of para-hydroxylation sites is 1. The van der Waals surface area contributed by atoms with Crippen molar-refractivity contribution in [2.45, 2.75) is 0 Å². The minimum Gasteiger partial charge on any atom is -0.452 e. The summed E-state index contributed by atoms with van der Waals surface area (Å²) in [6.45, 7) is 0. The fourth-order valence-electron chi connectivity index (χ4n) is 6.47. The summed E-state index contributed by atoms with van der Waals surface area (Å²) >= 11 is 0. The van der Waals surface area contributed by atoms with Gasteiger partial charge < -0.3 is 4.42 Å². The van der Waals surface area contributed by atoms with Gasteiger partial charge >= 0.3 is 0 Å². The third-order valence-electron chi connectivity index (χ3n) is 8.24. The van der Waals surface area contributed by atoms with Crippen LogP contribution in [0, 0.1) is 0 Å². The van der Waals surface area contributed by atoms with Crippen molar-refractivity contribution in [3.05, 3.63) is 133 Å². The number of aromatic nitrogens is 2. The fourth-order valence-corrected chi connectivity index (χ4v) is 6.47. The van der Waals surface area contributed by atoms with E-state index in [0.717, 1.165) is 33.3 Å². The molecule has 0 saturated carbocycles. The van der Waals surface area contributed by atoms with Crippen LogP contribution >= 0.6 is 0 Å². The Hall–Kier alpha value is -5.54. The molecule has 8 aromatic rings. The zero-order valence-corrected chi connectivity index (χ0v) is 22.0. The number of benzene rings is 6. The van der Waals surface area contributed by atoms with E-state index in [9.17, 15) is 0 Å². The molecule has 190 valence electrons. The maximum atomic E-state index is 6.37. The summed E-state index contributed by atoms with van der Waals surface area (Å²) in [5.41, 5.74) is 12.5. The van der Waals surface area contributed by atoms with Gasteiger partial charge in [0.05, 0.1) is 0 Å². The summed E-state index contributed by atoms with van der Waals surface area (Å²) in [5, 5.41) is 3.52. The van der Waals surface area contributed by atoms with E-state index < -0.39 is 0 Å². The third-order valence-corrected chi connectivity index (χ3v) is 8.24. The number of fused-ring (bicyclic) bond motifs is 6. The van der Waals surface area contributed by atoms with Gasteiger partial charge in [-0.3, -0.25) is 0 Å². The van der Waals surface area contributed by atoms with E-state index in [-0.39, 0.29) is 0 Å². The largest absolute Gasteiger partial charge is 0.452 e. The van der Waals surface area contributed by atoms with Crippen LogP contribution in [0.4, 0.5) is 0 Å². The van der Waals surface area contributed by atoms with Crippen molar-refractivity contribution in [2.75, 3.05) is 0 Å². The van der Waals surface area contributed by atoms with Crippen LogP contribution in [0.1, 0.15) is 0 Å². The Balaban J connectivity index is 1.41. The average molecular weight is 523 g/mol. The van der Waals surface area contributed by atoms with Crippen molar-refractivity contribution in [2.24, 2.45) is 0 Å². The molecule has 0 spiro atoms. The van der Waals surface area contributed by atoms with Crippen molar-refractivity contribution in [3.63, 3.8) is 0 Å². The summed E-state index contributed by atoms with van der Waals surface area (Å²) in [4.78, 5) is 10.5. The molecule has 0 radical (unpaired) electrons. The van der Waals surface area contributed by atoms with E-state index in [1.807, 2.05) is 36.4 Å². The number of nitrogens with zero attached hydrogens (tertiary/aromatic N) is 2. The van der Waals surface area contributed by atoms with Gasteiger partial charge in [-0.05, 0) is 56.8 Å². The molecule has 3 nitrogen and oxygen atoms in total. The first kappa shape index (κ1) is 22.3. The molecular formula is C38H22N2O. The Labute approximate surface area is 236 Å². The van der Waals surface area contributed by atoms with Crippen LogP contribution in [0.15, 0.2) is 138 Å². The highest BCUT2D eigenvalue weighted by molar-refractivity contribution is 6.21. The molecule has 1 aliphatic rings. The summed E-state index contributed by atoms with van der Waals surface area (Å²) < 4.78 is 6.37. The first-order chi connectivity index (χ1) is 20.3. The van der Waals surface area contributed by atoms with Crippen LogP contribution in [0.25, 0.3) is 88.9 Å². The molecule has 0 saturated heterocycles. The lowest BCUT2D eigenvalue weighted by molar-refractivity contribution is 0.667.